The number of benzene rings is 1. The van der Waals surface area contributed by atoms with E-state index >= 15 is 0 Å². The average molecular weight is 336 g/mol. The zero-order valence-corrected chi connectivity index (χ0v) is 13.8. The number of nitrogens with zero attached hydrogens (tertiary/aromatic N) is 1. The van der Waals surface area contributed by atoms with E-state index in [2.05, 4.69) is 5.32 Å². The third kappa shape index (κ3) is 3.68. The first-order valence-corrected chi connectivity index (χ1v) is 9.26. The molecule has 1 heterocycles. The van der Waals surface area contributed by atoms with E-state index in [1.807, 2.05) is 0 Å². The Bertz CT molecular complexity index is 590. The minimum atomic E-state index is -0.506. The maximum absolute atomic E-state index is 13.7. The van der Waals surface area contributed by atoms with E-state index in [0.29, 0.717) is 11.6 Å². The Labute approximate surface area is 139 Å². The van der Waals surface area contributed by atoms with E-state index in [1.54, 1.807) is 28.8 Å². The highest BCUT2D eigenvalue weighted by Gasteiger charge is 2.37. The Morgan fingerprint density at radius 3 is 2.65 bits per heavy atom. The van der Waals surface area contributed by atoms with Crippen LogP contribution in [0.5, 0.6) is 0 Å². The molecule has 0 aromatic heterocycles. The molecule has 0 radical (unpaired) electrons. The molecular weight excluding hydrogens is 315 g/mol. The normalized spacial score (nSPS) is 22.1. The number of amides is 2. The van der Waals surface area contributed by atoms with Gasteiger partial charge in [-0.1, -0.05) is 31.4 Å². The molecule has 1 atom stereocenters. The molecule has 1 aliphatic heterocycles. The van der Waals surface area contributed by atoms with Crippen LogP contribution in [0.25, 0.3) is 0 Å². The molecule has 2 amide bonds. The molecule has 1 N–H and O–H groups in total. The summed E-state index contributed by atoms with van der Waals surface area (Å²) in [6.07, 6.45) is 5.20. The lowest BCUT2D eigenvalue weighted by atomic mass is 9.88. The van der Waals surface area contributed by atoms with Crippen LogP contribution < -0.4 is 5.32 Å². The topological polar surface area (TPSA) is 49.4 Å². The van der Waals surface area contributed by atoms with Crippen molar-refractivity contribution >= 4 is 29.3 Å². The van der Waals surface area contributed by atoms with Crippen molar-refractivity contribution < 1.29 is 14.0 Å². The number of anilines is 1. The maximum Gasteiger partial charge on any atom is 0.248 e. The molecule has 23 heavy (non-hydrogen) atoms. The predicted octanol–water partition coefficient (Wildman–Crippen LogP) is 3.25. The first-order chi connectivity index (χ1) is 11.2. The van der Waals surface area contributed by atoms with E-state index in [0.717, 1.165) is 25.7 Å². The van der Waals surface area contributed by atoms with Gasteiger partial charge in [0, 0.05) is 11.7 Å². The first-order valence-electron chi connectivity index (χ1n) is 8.10. The Morgan fingerprint density at radius 1 is 1.17 bits per heavy atom. The second kappa shape index (κ2) is 7.34. The fraction of sp³-hybridized carbons (Fsp3) is 0.529. The summed E-state index contributed by atoms with van der Waals surface area (Å²) in [5.74, 6) is 0.485. The number of carbonyl (C=O) groups excluding carboxylic acids is 2. The van der Waals surface area contributed by atoms with Crippen LogP contribution in [0, 0.1) is 11.7 Å². The van der Waals surface area contributed by atoms with E-state index in [9.17, 15) is 14.0 Å². The molecule has 2 aliphatic rings. The van der Waals surface area contributed by atoms with Crippen molar-refractivity contribution in [2.45, 2.75) is 38.1 Å². The van der Waals surface area contributed by atoms with Crippen LogP contribution in [0.4, 0.5) is 10.1 Å². The first kappa shape index (κ1) is 16.3. The molecule has 6 heteroatoms. The summed E-state index contributed by atoms with van der Waals surface area (Å²) < 4.78 is 13.7. The number of hydrogen-bond donors (Lipinski definition) is 1. The van der Waals surface area contributed by atoms with Gasteiger partial charge in [-0.3, -0.25) is 9.59 Å². The van der Waals surface area contributed by atoms with E-state index in [1.165, 1.54) is 18.6 Å². The van der Waals surface area contributed by atoms with Crippen LogP contribution >= 0.6 is 11.8 Å². The lowest BCUT2D eigenvalue weighted by molar-refractivity contribution is -0.140. The molecule has 1 aliphatic carbocycles. The number of thioether (sulfide) groups is 1. The summed E-state index contributed by atoms with van der Waals surface area (Å²) in [5, 5.41) is 2.62. The van der Waals surface area contributed by atoms with Crippen LogP contribution in [0.1, 0.15) is 32.1 Å². The standard InChI is InChI=1S/C17H21FN2O2S/c18-13-8-4-5-9-14(13)19-16(21)15-10-23-11-20(15)17(22)12-6-2-1-3-7-12/h4-5,8-9,12,15H,1-3,6-7,10-11H2,(H,19,21). The van der Waals surface area contributed by atoms with Crippen molar-refractivity contribution in [1.82, 2.24) is 4.90 Å². The molecule has 1 saturated heterocycles. The van der Waals surface area contributed by atoms with Crippen molar-refractivity contribution in [3.05, 3.63) is 30.1 Å². The largest absolute Gasteiger partial charge is 0.322 e. The van der Waals surface area contributed by atoms with Crippen molar-refractivity contribution in [3.8, 4) is 0 Å². The molecular formula is C17H21FN2O2S. The smallest absolute Gasteiger partial charge is 0.248 e. The molecule has 1 aromatic carbocycles. The monoisotopic (exact) mass is 336 g/mol. The Balaban J connectivity index is 1.67. The lowest BCUT2D eigenvalue weighted by Crippen LogP contribution is -2.47. The third-order valence-electron chi connectivity index (χ3n) is 4.55. The highest BCUT2D eigenvalue weighted by molar-refractivity contribution is 7.99. The van der Waals surface area contributed by atoms with Crippen LogP contribution in [-0.4, -0.2) is 34.4 Å². The van der Waals surface area contributed by atoms with Crippen LogP contribution in [0.3, 0.4) is 0 Å². The highest BCUT2D eigenvalue weighted by atomic mass is 32.2. The Hall–Kier alpha value is -1.56. The number of halogens is 1. The second-order valence-electron chi connectivity index (χ2n) is 6.13. The minimum absolute atomic E-state index is 0.0474. The van der Waals surface area contributed by atoms with Crippen molar-refractivity contribution in [2.24, 2.45) is 5.92 Å². The minimum Gasteiger partial charge on any atom is -0.322 e. The summed E-state index contributed by atoms with van der Waals surface area (Å²) in [5.41, 5.74) is 0.166. The molecule has 1 saturated carbocycles. The summed E-state index contributed by atoms with van der Waals surface area (Å²) in [6.45, 7) is 0. The van der Waals surface area contributed by atoms with Gasteiger partial charge in [0.25, 0.3) is 0 Å². The SMILES string of the molecule is O=C(Nc1ccccc1F)C1CSCN1C(=O)C1CCCCC1. The van der Waals surface area contributed by atoms with Crippen LogP contribution in [0.15, 0.2) is 24.3 Å². The van der Waals surface area contributed by atoms with Crippen LogP contribution in [-0.2, 0) is 9.59 Å². The van der Waals surface area contributed by atoms with Gasteiger partial charge < -0.3 is 10.2 Å². The van der Waals surface area contributed by atoms with Gasteiger partial charge in [-0.2, -0.15) is 0 Å². The molecule has 3 rings (SSSR count). The van der Waals surface area contributed by atoms with Gasteiger partial charge in [0.15, 0.2) is 0 Å². The Morgan fingerprint density at radius 2 is 1.91 bits per heavy atom. The zero-order valence-electron chi connectivity index (χ0n) is 13.0. The molecule has 1 aromatic rings. The molecule has 124 valence electrons. The quantitative estimate of drug-likeness (QED) is 0.922. The number of para-hydroxylation sites is 1. The van der Waals surface area contributed by atoms with Crippen molar-refractivity contribution in [2.75, 3.05) is 16.9 Å². The van der Waals surface area contributed by atoms with E-state index < -0.39 is 11.9 Å². The molecule has 0 bridgehead atoms. The summed E-state index contributed by atoms with van der Waals surface area (Å²) in [4.78, 5) is 26.9. The fourth-order valence-electron chi connectivity index (χ4n) is 3.24. The second-order valence-corrected chi connectivity index (χ2v) is 7.13. The third-order valence-corrected chi connectivity index (χ3v) is 5.57. The highest BCUT2D eigenvalue weighted by Crippen LogP contribution is 2.30. The molecule has 1 unspecified atom stereocenters. The summed E-state index contributed by atoms with van der Waals surface area (Å²) >= 11 is 1.58. The maximum atomic E-state index is 13.7. The fourth-order valence-corrected chi connectivity index (χ4v) is 4.40. The number of rotatable bonds is 3. The average Bonchev–Trinajstić information content (AvgIpc) is 3.07. The number of hydrogen-bond acceptors (Lipinski definition) is 3. The van der Waals surface area contributed by atoms with Crippen molar-refractivity contribution in [1.29, 1.82) is 0 Å². The summed E-state index contributed by atoms with van der Waals surface area (Å²) in [7, 11) is 0. The number of nitrogens with one attached hydrogen (secondary N) is 1. The van der Waals surface area contributed by atoms with E-state index in [4.69, 9.17) is 0 Å². The van der Waals surface area contributed by atoms with Gasteiger partial charge in [0.2, 0.25) is 11.8 Å². The predicted molar refractivity (Wildman–Crippen MR) is 89.6 cm³/mol. The van der Waals surface area contributed by atoms with Gasteiger partial charge in [-0.25, -0.2) is 4.39 Å². The van der Waals surface area contributed by atoms with Gasteiger partial charge in [-0.15, -0.1) is 11.8 Å². The van der Waals surface area contributed by atoms with Crippen molar-refractivity contribution in [3.63, 3.8) is 0 Å². The van der Waals surface area contributed by atoms with Crippen LogP contribution in [0.2, 0.25) is 0 Å². The zero-order chi connectivity index (χ0) is 16.2. The van der Waals surface area contributed by atoms with Gasteiger partial charge in [-0.05, 0) is 25.0 Å². The van der Waals surface area contributed by atoms with Gasteiger partial charge in [0.1, 0.15) is 11.9 Å². The van der Waals surface area contributed by atoms with E-state index in [-0.39, 0.29) is 23.4 Å². The molecule has 0 spiro atoms. The molecule has 2 fully saturated rings. The lowest BCUT2D eigenvalue weighted by Gasteiger charge is -2.29. The Kier molecular flexibility index (Phi) is 5.20. The summed E-state index contributed by atoms with van der Waals surface area (Å²) in [6, 6.07) is 5.59. The van der Waals surface area contributed by atoms with Gasteiger partial charge >= 0.3 is 0 Å². The molecule has 4 nitrogen and oxygen atoms in total. The number of carbonyl (C=O) groups is 2. The van der Waals surface area contributed by atoms with Gasteiger partial charge in [0.05, 0.1) is 11.6 Å².